The highest BCUT2D eigenvalue weighted by Crippen LogP contribution is 2.30. The van der Waals surface area contributed by atoms with Crippen molar-refractivity contribution in [2.75, 3.05) is 0 Å². The minimum Gasteiger partial charge on any atom is -0.435 e. The summed E-state index contributed by atoms with van der Waals surface area (Å²) >= 11 is 0. The molecule has 0 spiro atoms. The van der Waals surface area contributed by atoms with Crippen molar-refractivity contribution >= 4 is 5.91 Å². The molecular weight excluding hydrogens is 204 g/mol. The van der Waals surface area contributed by atoms with Crippen LogP contribution in [0.4, 0.5) is 0 Å². The molecule has 4 heteroatoms. The van der Waals surface area contributed by atoms with Gasteiger partial charge in [0.15, 0.2) is 0 Å². The van der Waals surface area contributed by atoms with Gasteiger partial charge >= 0.3 is 0 Å². The van der Waals surface area contributed by atoms with E-state index in [-0.39, 0.29) is 16.6 Å². The SMILES string of the molecule is CC(C)(C)c1nc(C(C)(C)C)c(C(N)=O)o1. The highest BCUT2D eigenvalue weighted by Gasteiger charge is 2.31. The maximum absolute atomic E-state index is 11.3. The third-order valence-electron chi connectivity index (χ3n) is 2.20. The zero-order valence-corrected chi connectivity index (χ0v) is 10.8. The van der Waals surface area contributed by atoms with Gasteiger partial charge in [0.2, 0.25) is 11.7 Å². The molecule has 0 aromatic carbocycles. The van der Waals surface area contributed by atoms with Crippen molar-refractivity contribution in [2.24, 2.45) is 5.73 Å². The van der Waals surface area contributed by atoms with Crippen LogP contribution in [-0.2, 0) is 10.8 Å². The van der Waals surface area contributed by atoms with Crippen LogP contribution in [0.1, 0.15) is 63.7 Å². The number of carbonyl (C=O) groups excluding carboxylic acids is 1. The van der Waals surface area contributed by atoms with Crippen molar-refractivity contribution in [1.29, 1.82) is 0 Å². The first kappa shape index (κ1) is 12.7. The Bertz CT molecular complexity index is 406. The molecule has 0 atom stereocenters. The minimum atomic E-state index is -0.562. The van der Waals surface area contributed by atoms with Gasteiger partial charge in [-0.3, -0.25) is 4.79 Å². The fourth-order valence-electron chi connectivity index (χ4n) is 1.32. The van der Waals surface area contributed by atoms with E-state index in [4.69, 9.17) is 10.2 Å². The van der Waals surface area contributed by atoms with E-state index in [1.807, 2.05) is 41.5 Å². The predicted molar refractivity (Wildman–Crippen MR) is 62.4 cm³/mol. The van der Waals surface area contributed by atoms with Crippen LogP contribution in [0.25, 0.3) is 0 Å². The van der Waals surface area contributed by atoms with Crippen LogP contribution in [0.15, 0.2) is 4.42 Å². The van der Waals surface area contributed by atoms with Gasteiger partial charge in [0.25, 0.3) is 5.91 Å². The first-order valence-corrected chi connectivity index (χ1v) is 5.35. The molecule has 0 unspecified atom stereocenters. The average molecular weight is 224 g/mol. The third-order valence-corrected chi connectivity index (χ3v) is 2.20. The molecule has 0 aliphatic carbocycles. The molecule has 0 aliphatic heterocycles. The van der Waals surface area contributed by atoms with Gasteiger partial charge in [0, 0.05) is 10.8 Å². The van der Waals surface area contributed by atoms with Crippen LogP contribution < -0.4 is 5.73 Å². The second-order valence-electron chi connectivity index (χ2n) is 6.06. The molecule has 90 valence electrons. The summed E-state index contributed by atoms with van der Waals surface area (Å²) in [6.07, 6.45) is 0. The number of oxazole rings is 1. The van der Waals surface area contributed by atoms with Gasteiger partial charge in [-0.25, -0.2) is 4.98 Å². The summed E-state index contributed by atoms with van der Waals surface area (Å²) < 4.78 is 5.48. The standard InChI is InChI=1S/C12H20N2O2/c1-11(2,3)8-7(9(13)15)16-10(14-8)12(4,5)6/h1-6H3,(H2,13,15). The molecule has 4 nitrogen and oxygen atoms in total. The zero-order chi connectivity index (χ0) is 12.7. The summed E-state index contributed by atoms with van der Waals surface area (Å²) in [7, 11) is 0. The number of nitrogens with zero attached hydrogens (tertiary/aromatic N) is 1. The van der Waals surface area contributed by atoms with Gasteiger partial charge in [-0.1, -0.05) is 41.5 Å². The molecule has 1 aromatic rings. The van der Waals surface area contributed by atoms with Gasteiger partial charge in [-0.15, -0.1) is 0 Å². The lowest BCUT2D eigenvalue weighted by molar-refractivity contribution is 0.0967. The lowest BCUT2D eigenvalue weighted by Crippen LogP contribution is -2.20. The number of aromatic nitrogens is 1. The summed E-state index contributed by atoms with van der Waals surface area (Å²) in [5.74, 6) is 0.163. The Morgan fingerprint density at radius 2 is 1.62 bits per heavy atom. The fraction of sp³-hybridized carbons (Fsp3) is 0.667. The van der Waals surface area contributed by atoms with Gasteiger partial charge in [0.05, 0.1) is 5.69 Å². The molecule has 0 saturated heterocycles. The zero-order valence-electron chi connectivity index (χ0n) is 10.8. The Kier molecular flexibility index (Phi) is 2.88. The van der Waals surface area contributed by atoms with E-state index in [1.165, 1.54) is 0 Å². The molecule has 0 bridgehead atoms. The van der Waals surface area contributed by atoms with Crippen LogP contribution >= 0.6 is 0 Å². The molecule has 1 rings (SSSR count). The monoisotopic (exact) mass is 224 g/mol. The molecule has 16 heavy (non-hydrogen) atoms. The molecule has 1 heterocycles. The van der Waals surface area contributed by atoms with E-state index in [0.29, 0.717) is 11.6 Å². The van der Waals surface area contributed by atoms with Crippen LogP contribution in [0.2, 0.25) is 0 Å². The molecule has 0 fully saturated rings. The first-order chi connectivity index (χ1) is 7.03. The molecule has 1 amide bonds. The number of hydrogen-bond acceptors (Lipinski definition) is 3. The van der Waals surface area contributed by atoms with E-state index in [9.17, 15) is 4.79 Å². The van der Waals surface area contributed by atoms with Gasteiger partial charge in [-0.2, -0.15) is 0 Å². The maximum Gasteiger partial charge on any atom is 0.286 e. The number of carbonyl (C=O) groups is 1. The average Bonchev–Trinajstić information content (AvgIpc) is 2.44. The molecular formula is C12H20N2O2. The summed E-state index contributed by atoms with van der Waals surface area (Å²) in [6, 6.07) is 0. The van der Waals surface area contributed by atoms with E-state index in [2.05, 4.69) is 4.98 Å². The van der Waals surface area contributed by atoms with Crippen LogP contribution in [0.3, 0.4) is 0 Å². The van der Waals surface area contributed by atoms with Gasteiger partial charge in [0.1, 0.15) is 0 Å². The lowest BCUT2D eigenvalue weighted by Gasteiger charge is -2.15. The second-order valence-corrected chi connectivity index (χ2v) is 6.06. The summed E-state index contributed by atoms with van der Waals surface area (Å²) in [5, 5.41) is 0. The minimum absolute atomic E-state index is 0.178. The Hall–Kier alpha value is -1.32. The lowest BCUT2D eigenvalue weighted by atomic mass is 9.90. The predicted octanol–water partition coefficient (Wildman–Crippen LogP) is 2.37. The Labute approximate surface area is 96.2 Å². The number of rotatable bonds is 1. The highest BCUT2D eigenvalue weighted by atomic mass is 16.4. The van der Waals surface area contributed by atoms with Crippen molar-refractivity contribution in [3.8, 4) is 0 Å². The van der Waals surface area contributed by atoms with E-state index < -0.39 is 5.91 Å². The largest absolute Gasteiger partial charge is 0.435 e. The Balaban J connectivity index is 3.38. The number of amides is 1. The fourth-order valence-corrected chi connectivity index (χ4v) is 1.32. The van der Waals surface area contributed by atoms with Crippen LogP contribution in [-0.4, -0.2) is 10.9 Å². The molecule has 0 radical (unpaired) electrons. The van der Waals surface area contributed by atoms with E-state index in [1.54, 1.807) is 0 Å². The quantitative estimate of drug-likeness (QED) is 0.796. The molecule has 0 aliphatic rings. The van der Waals surface area contributed by atoms with Crippen molar-refractivity contribution in [3.63, 3.8) is 0 Å². The van der Waals surface area contributed by atoms with Gasteiger partial charge in [-0.05, 0) is 0 Å². The van der Waals surface area contributed by atoms with E-state index >= 15 is 0 Å². The smallest absolute Gasteiger partial charge is 0.286 e. The Morgan fingerprint density at radius 1 is 1.12 bits per heavy atom. The van der Waals surface area contributed by atoms with Crippen molar-refractivity contribution in [3.05, 3.63) is 17.3 Å². The summed E-state index contributed by atoms with van der Waals surface area (Å²) in [6.45, 7) is 11.9. The normalized spacial score (nSPS) is 12.9. The Morgan fingerprint density at radius 3 is 1.88 bits per heavy atom. The van der Waals surface area contributed by atoms with Crippen molar-refractivity contribution < 1.29 is 9.21 Å². The topological polar surface area (TPSA) is 69.1 Å². The summed E-state index contributed by atoms with van der Waals surface area (Å²) in [4.78, 5) is 15.7. The van der Waals surface area contributed by atoms with Crippen LogP contribution in [0, 0.1) is 0 Å². The second kappa shape index (κ2) is 3.61. The van der Waals surface area contributed by atoms with Crippen LogP contribution in [0.5, 0.6) is 0 Å². The highest BCUT2D eigenvalue weighted by molar-refractivity contribution is 5.91. The molecule has 2 N–H and O–H groups in total. The summed E-state index contributed by atoms with van der Waals surface area (Å²) in [5.41, 5.74) is 5.44. The number of primary amides is 1. The maximum atomic E-state index is 11.3. The van der Waals surface area contributed by atoms with Crippen molar-refractivity contribution in [2.45, 2.75) is 52.4 Å². The van der Waals surface area contributed by atoms with Gasteiger partial charge < -0.3 is 10.2 Å². The molecule has 1 aromatic heterocycles. The third kappa shape index (κ3) is 2.43. The molecule has 0 saturated carbocycles. The number of nitrogens with two attached hydrogens (primary N) is 1. The first-order valence-electron chi connectivity index (χ1n) is 5.35. The van der Waals surface area contributed by atoms with Crippen molar-refractivity contribution in [1.82, 2.24) is 4.98 Å². The number of hydrogen-bond donors (Lipinski definition) is 1. The van der Waals surface area contributed by atoms with E-state index in [0.717, 1.165) is 0 Å².